The molecule has 6 rings (SSSR count). The number of esters is 1. The molecule has 12 heteroatoms. The summed E-state index contributed by atoms with van der Waals surface area (Å²) in [6.07, 6.45) is 8.79. The van der Waals surface area contributed by atoms with Gasteiger partial charge in [-0.3, -0.25) is 0 Å². The van der Waals surface area contributed by atoms with Gasteiger partial charge in [0.25, 0.3) is 0 Å². The molecule has 0 unspecified atom stereocenters. The Morgan fingerprint density at radius 2 is 1.26 bits per heavy atom. The summed E-state index contributed by atoms with van der Waals surface area (Å²) in [5.74, 6) is -1.17. The van der Waals surface area contributed by atoms with Gasteiger partial charge in [-0.15, -0.1) is 22.7 Å². The zero-order chi connectivity index (χ0) is 29.6. The highest BCUT2D eigenvalue weighted by atomic mass is 32.1. The second-order valence-electron chi connectivity index (χ2n) is 10.7. The van der Waals surface area contributed by atoms with Crippen molar-refractivity contribution in [2.75, 3.05) is 42.6 Å². The summed E-state index contributed by atoms with van der Waals surface area (Å²) < 4.78 is 8.80. The van der Waals surface area contributed by atoms with Crippen LogP contribution in [0.25, 0.3) is 0 Å². The smallest absolute Gasteiger partial charge is 0.354 e. The lowest BCUT2D eigenvalue weighted by Gasteiger charge is -2.12. The number of anilines is 2. The quantitative estimate of drug-likeness (QED) is 0.242. The zero-order valence-electron chi connectivity index (χ0n) is 24.4. The van der Waals surface area contributed by atoms with E-state index in [1.807, 2.05) is 49.2 Å². The fourth-order valence-electron chi connectivity index (χ4n) is 5.32. The van der Waals surface area contributed by atoms with Gasteiger partial charge in [-0.25, -0.2) is 19.6 Å². The van der Waals surface area contributed by atoms with Crippen LogP contribution in [0.2, 0.25) is 0 Å². The molecule has 2 fully saturated rings. The summed E-state index contributed by atoms with van der Waals surface area (Å²) in [7, 11) is 0. The lowest BCUT2D eigenvalue weighted by Crippen LogP contribution is -2.17. The van der Waals surface area contributed by atoms with Gasteiger partial charge in [-0.05, 0) is 69.7 Å². The first-order chi connectivity index (χ1) is 20.3. The lowest BCUT2D eigenvalue weighted by atomic mass is 10.3. The van der Waals surface area contributed by atoms with Crippen LogP contribution >= 0.6 is 22.7 Å². The Morgan fingerprint density at radius 3 is 1.71 bits per heavy atom. The maximum absolute atomic E-state index is 12.0. The minimum absolute atomic E-state index is 0.273. The molecule has 0 aliphatic carbocycles. The van der Waals surface area contributed by atoms with Gasteiger partial charge in [0.1, 0.15) is 11.4 Å². The second kappa shape index (κ2) is 13.6. The fraction of sp³-hybridized carbons (Fsp3) is 0.467. The zero-order valence-corrected chi connectivity index (χ0v) is 26.0. The van der Waals surface area contributed by atoms with Crippen LogP contribution in [0.5, 0.6) is 0 Å². The molecular formula is C30H38N6O4S2. The van der Waals surface area contributed by atoms with E-state index in [1.54, 1.807) is 33.3 Å². The molecule has 0 atom stereocenters. The van der Waals surface area contributed by atoms with Gasteiger partial charge >= 0.3 is 11.9 Å². The largest absolute Gasteiger partial charge is 0.477 e. The summed E-state index contributed by atoms with van der Waals surface area (Å²) in [4.78, 5) is 37.2. The van der Waals surface area contributed by atoms with Crippen LogP contribution in [-0.4, -0.2) is 68.9 Å². The summed E-state index contributed by atoms with van der Waals surface area (Å²) in [5.41, 5.74) is 4.84. The number of hydrogen-bond acceptors (Lipinski definition) is 9. The SMILES string of the molecule is CCOC(=O)c1cc(C)cn1Cc1csc(N2CCCC2)n1.Cc1cc(C(=O)O)n(Cc2csc(N3CCCC3)n2)c1. The van der Waals surface area contributed by atoms with Gasteiger partial charge < -0.3 is 28.8 Å². The maximum Gasteiger partial charge on any atom is 0.354 e. The van der Waals surface area contributed by atoms with Crippen LogP contribution in [0.3, 0.4) is 0 Å². The van der Waals surface area contributed by atoms with E-state index in [4.69, 9.17) is 9.72 Å². The van der Waals surface area contributed by atoms with Crippen molar-refractivity contribution in [2.45, 2.75) is 59.5 Å². The predicted octanol–water partition coefficient (Wildman–Crippen LogP) is 5.68. The van der Waals surface area contributed by atoms with E-state index in [-0.39, 0.29) is 5.97 Å². The standard InChI is InChI=1S/C16H21N3O2S.C14H17N3O2S/c1-3-21-15(20)14-8-12(2)9-19(14)10-13-11-22-16(17-13)18-6-4-5-7-18;1-10-6-12(13(18)19)17(7-10)8-11-9-20-14(15-11)16-4-2-3-5-16/h8-9,11H,3-7,10H2,1-2H3;6-7,9H,2-5,8H2,1H3,(H,18,19). The Balaban J connectivity index is 0.000000169. The number of carbonyl (C=O) groups is 2. The lowest BCUT2D eigenvalue weighted by molar-refractivity contribution is 0.0513. The Kier molecular flexibility index (Phi) is 9.63. The van der Waals surface area contributed by atoms with E-state index < -0.39 is 5.97 Å². The van der Waals surface area contributed by atoms with Crippen molar-refractivity contribution in [1.82, 2.24) is 19.1 Å². The second-order valence-corrected chi connectivity index (χ2v) is 12.4. The van der Waals surface area contributed by atoms with Crippen molar-refractivity contribution >= 4 is 44.9 Å². The molecule has 42 heavy (non-hydrogen) atoms. The Bertz CT molecular complexity index is 1510. The molecule has 10 nitrogen and oxygen atoms in total. The van der Waals surface area contributed by atoms with Crippen LogP contribution in [0.4, 0.5) is 10.3 Å². The number of hydrogen-bond donors (Lipinski definition) is 1. The van der Waals surface area contributed by atoms with E-state index >= 15 is 0 Å². The van der Waals surface area contributed by atoms with Crippen molar-refractivity contribution in [3.8, 4) is 0 Å². The average Bonchev–Trinajstić information content (AvgIpc) is 3.79. The molecule has 4 aromatic heterocycles. The summed E-state index contributed by atoms with van der Waals surface area (Å²) in [6.45, 7) is 11.6. The molecule has 2 saturated heterocycles. The molecule has 1 N–H and O–H groups in total. The number of aromatic carboxylic acids is 1. The van der Waals surface area contributed by atoms with Crippen molar-refractivity contribution in [3.63, 3.8) is 0 Å². The van der Waals surface area contributed by atoms with Gasteiger partial charge in [0.05, 0.1) is 31.1 Å². The van der Waals surface area contributed by atoms with Crippen LogP contribution in [0, 0.1) is 13.8 Å². The summed E-state index contributed by atoms with van der Waals surface area (Å²) >= 11 is 3.32. The van der Waals surface area contributed by atoms with Crippen molar-refractivity contribution in [1.29, 1.82) is 0 Å². The molecule has 224 valence electrons. The van der Waals surface area contributed by atoms with Gasteiger partial charge in [0, 0.05) is 49.3 Å². The third-order valence-corrected chi connectivity index (χ3v) is 9.17. The third kappa shape index (κ3) is 7.22. The van der Waals surface area contributed by atoms with Gasteiger partial charge in [-0.2, -0.15) is 0 Å². The summed E-state index contributed by atoms with van der Waals surface area (Å²) in [6, 6.07) is 3.56. The van der Waals surface area contributed by atoms with Gasteiger partial charge in [-0.1, -0.05) is 0 Å². The highest BCUT2D eigenvalue weighted by Gasteiger charge is 2.19. The molecule has 0 radical (unpaired) electrons. The average molecular weight is 611 g/mol. The van der Waals surface area contributed by atoms with E-state index in [0.29, 0.717) is 31.1 Å². The van der Waals surface area contributed by atoms with Gasteiger partial charge in [0.2, 0.25) is 0 Å². The van der Waals surface area contributed by atoms with E-state index in [2.05, 4.69) is 20.2 Å². The Labute approximate surface area is 254 Å². The van der Waals surface area contributed by atoms with Crippen LogP contribution < -0.4 is 9.80 Å². The minimum atomic E-state index is -0.895. The van der Waals surface area contributed by atoms with Crippen LogP contribution in [0.15, 0.2) is 35.3 Å². The number of carboxylic acid groups (broad SMARTS) is 1. The minimum Gasteiger partial charge on any atom is -0.477 e. The molecule has 0 spiro atoms. The van der Waals surface area contributed by atoms with Crippen molar-refractivity contribution < 1.29 is 19.4 Å². The monoisotopic (exact) mass is 610 g/mol. The topological polar surface area (TPSA) is 106 Å². The molecule has 2 aliphatic rings. The number of thiazole rings is 2. The van der Waals surface area contributed by atoms with Crippen LogP contribution in [0.1, 0.15) is 76.1 Å². The Hall–Kier alpha value is -3.64. The van der Waals surface area contributed by atoms with E-state index in [9.17, 15) is 14.7 Å². The Morgan fingerprint density at radius 1 is 0.810 bits per heavy atom. The van der Waals surface area contributed by atoms with Gasteiger partial charge in [0.15, 0.2) is 10.3 Å². The first kappa shape index (κ1) is 29.8. The molecule has 0 amide bonds. The first-order valence-electron chi connectivity index (χ1n) is 14.4. The summed E-state index contributed by atoms with van der Waals surface area (Å²) in [5, 5.41) is 15.4. The molecule has 0 saturated carbocycles. The van der Waals surface area contributed by atoms with E-state index in [1.165, 1.54) is 25.7 Å². The number of carbonyl (C=O) groups excluding carboxylic acids is 1. The highest BCUT2D eigenvalue weighted by Crippen LogP contribution is 2.26. The number of aryl methyl sites for hydroxylation is 2. The predicted molar refractivity (Wildman–Crippen MR) is 167 cm³/mol. The fourth-order valence-corrected chi connectivity index (χ4v) is 7.06. The number of ether oxygens (including phenoxy) is 1. The first-order valence-corrected chi connectivity index (χ1v) is 16.2. The number of nitrogens with zero attached hydrogens (tertiary/aromatic N) is 6. The number of carboxylic acids is 1. The van der Waals surface area contributed by atoms with Crippen molar-refractivity contribution in [2.24, 2.45) is 0 Å². The molecule has 6 heterocycles. The third-order valence-electron chi connectivity index (χ3n) is 7.27. The molecule has 2 aliphatic heterocycles. The molecular weight excluding hydrogens is 573 g/mol. The number of aromatic nitrogens is 4. The highest BCUT2D eigenvalue weighted by molar-refractivity contribution is 7.14. The number of rotatable bonds is 9. The normalized spacial score (nSPS) is 14.7. The molecule has 4 aromatic rings. The molecule has 0 aromatic carbocycles. The van der Waals surface area contributed by atoms with E-state index in [0.717, 1.165) is 59.0 Å². The van der Waals surface area contributed by atoms with Crippen LogP contribution in [-0.2, 0) is 17.8 Å². The van der Waals surface area contributed by atoms with Crippen molar-refractivity contribution in [3.05, 3.63) is 69.2 Å². The molecule has 0 bridgehead atoms. The maximum atomic E-state index is 12.0.